The van der Waals surface area contributed by atoms with Crippen LogP contribution in [0.2, 0.25) is 0 Å². The summed E-state index contributed by atoms with van der Waals surface area (Å²) in [5.41, 5.74) is 7.09. The van der Waals surface area contributed by atoms with Crippen molar-refractivity contribution in [1.82, 2.24) is 5.32 Å². The van der Waals surface area contributed by atoms with E-state index < -0.39 is 0 Å². The first kappa shape index (κ1) is 14.3. The summed E-state index contributed by atoms with van der Waals surface area (Å²) < 4.78 is 0. The van der Waals surface area contributed by atoms with Crippen LogP contribution in [0.4, 0.5) is 0 Å². The highest BCUT2D eigenvalue weighted by Gasteiger charge is 2.21. The van der Waals surface area contributed by atoms with Gasteiger partial charge in [0.15, 0.2) is 5.96 Å². The Morgan fingerprint density at radius 3 is 2.65 bits per heavy atom. The van der Waals surface area contributed by atoms with E-state index in [4.69, 9.17) is 5.73 Å². The number of benzene rings is 1. The average Bonchev–Trinajstić information content (AvgIpc) is 3.11. The molecule has 0 aromatic heterocycles. The number of nitrogens with two attached hydrogens (primary N) is 1. The van der Waals surface area contributed by atoms with E-state index in [9.17, 15) is 0 Å². The van der Waals surface area contributed by atoms with E-state index in [1.807, 2.05) is 6.07 Å². The first-order valence-electron chi connectivity index (χ1n) is 5.87. The number of aliphatic imine (C=N–C) groups is 1. The molecule has 0 saturated heterocycles. The maximum atomic E-state index is 5.78. The van der Waals surface area contributed by atoms with Crippen molar-refractivity contribution in [2.75, 3.05) is 6.54 Å². The second-order valence-electron chi connectivity index (χ2n) is 4.46. The maximum absolute atomic E-state index is 5.78. The van der Waals surface area contributed by atoms with E-state index in [1.165, 1.54) is 18.4 Å². The molecule has 0 radical (unpaired) electrons. The molecule has 0 spiro atoms. The highest BCUT2D eigenvalue weighted by Crippen LogP contribution is 2.18. The van der Waals surface area contributed by atoms with Gasteiger partial charge in [0.05, 0.1) is 0 Å². The Labute approximate surface area is 120 Å². The Kier molecular flexibility index (Phi) is 5.74. The van der Waals surface area contributed by atoms with Gasteiger partial charge in [-0.1, -0.05) is 37.3 Å². The average molecular weight is 345 g/mol. The summed E-state index contributed by atoms with van der Waals surface area (Å²) in [4.78, 5) is 4.36. The number of rotatable bonds is 4. The molecule has 1 saturated carbocycles. The smallest absolute Gasteiger partial charge is 0.188 e. The van der Waals surface area contributed by atoms with Crippen LogP contribution in [0.5, 0.6) is 0 Å². The zero-order valence-electron chi connectivity index (χ0n) is 10.1. The molecule has 94 valence electrons. The fourth-order valence-electron chi connectivity index (χ4n) is 1.60. The summed E-state index contributed by atoms with van der Waals surface area (Å²) in [7, 11) is 0. The Hall–Kier alpha value is -0.780. The van der Waals surface area contributed by atoms with Gasteiger partial charge in [-0.05, 0) is 18.4 Å². The molecule has 17 heavy (non-hydrogen) atoms. The van der Waals surface area contributed by atoms with E-state index in [2.05, 4.69) is 41.5 Å². The van der Waals surface area contributed by atoms with Crippen LogP contribution in [0.25, 0.3) is 0 Å². The van der Waals surface area contributed by atoms with Crippen molar-refractivity contribution in [2.24, 2.45) is 10.7 Å². The summed E-state index contributed by atoms with van der Waals surface area (Å²) in [6, 6.07) is 11.0. The van der Waals surface area contributed by atoms with Gasteiger partial charge in [0.25, 0.3) is 0 Å². The highest BCUT2D eigenvalue weighted by atomic mass is 127. The molecule has 1 atom stereocenters. The zero-order chi connectivity index (χ0) is 11.4. The molecule has 1 aliphatic rings. The Morgan fingerprint density at radius 1 is 1.41 bits per heavy atom. The van der Waals surface area contributed by atoms with E-state index in [-0.39, 0.29) is 24.0 Å². The molecule has 2 rings (SSSR count). The number of hydrogen-bond donors (Lipinski definition) is 2. The van der Waals surface area contributed by atoms with Crippen molar-refractivity contribution >= 4 is 29.9 Å². The van der Waals surface area contributed by atoms with Gasteiger partial charge in [0.2, 0.25) is 0 Å². The molecule has 0 aliphatic heterocycles. The van der Waals surface area contributed by atoms with E-state index >= 15 is 0 Å². The first-order valence-corrected chi connectivity index (χ1v) is 5.87. The number of guanidine groups is 1. The fraction of sp³-hybridized carbons (Fsp3) is 0.462. The van der Waals surface area contributed by atoms with Gasteiger partial charge in [-0.3, -0.25) is 4.99 Å². The van der Waals surface area contributed by atoms with Gasteiger partial charge < -0.3 is 11.1 Å². The SMILES string of the molecule is CC(CN=C(N)NC1CC1)c1ccccc1.I. The molecule has 1 aliphatic carbocycles. The lowest BCUT2D eigenvalue weighted by Crippen LogP contribution is -2.33. The summed E-state index contributed by atoms with van der Waals surface area (Å²) in [6.45, 7) is 2.92. The highest BCUT2D eigenvalue weighted by molar-refractivity contribution is 14.0. The molecule has 1 unspecified atom stereocenters. The monoisotopic (exact) mass is 345 g/mol. The minimum absolute atomic E-state index is 0. The normalized spacial score (nSPS) is 17.1. The second-order valence-corrected chi connectivity index (χ2v) is 4.46. The Morgan fingerprint density at radius 2 is 2.06 bits per heavy atom. The molecule has 0 heterocycles. The number of nitrogens with zero attached hydrogens (tertiary/aromatic N) is 1. The zero-order valence-corrected chi connectivity index (χ0v) is 12.4. The molecule has 3 nitrogen and oxygen atoms in total. The lowest BCUT2D eigenvalue weighted by atomic mass is 10.0. The number of nitrogens with one attached hydrogen (secondary N) is 1. The third-order valence-electron chi connectivity index (χ3n) is 2.83. The van der Waals surface area contributed by atoms with E-state index in [1.54, 1.807) is 0 Å². The topological polar surface area (TPSA) is 50.4 Å². The van der Waals surface area contributed by atoms with Gasteiger partial charge in [-0.2, -0.15) is 0 Å². The minimum Gasteiger partial charge on any atom is -0.370 e. The van der Waals surface area contributed by atoms with Crippen molar-refractivity contribution in [3.63, 3.8) is 0 Å². The van der Waals surface area contributed by atoms with Crippen molar-refractivity contribution in [1.29, 1.82) is 0 Å². The summed E-state index contributed by atoms with van der Waals surface area (Å²) >= 11 is 0. The van der Waals surface area contributed by atoms with Crippen LogP contribution in [-0.2, 0) is 0 Å². The predicted octanol–water partition coefficient (Wildman–Crippen LogP) is 2.47. The van der Waals surface area contributed by atoms with Crippen LogP contribution in [0.15, 0.2) is 35.3 Å². The lowest BCUT2D eigenvalue weighted by molar-refractivity contribution is 0.763. The van der Waals surface area contributed by atoms with Crippen LogP contribution < -0.4 is 11.1 Å². The quantitative estimate of drug-likeness (QED) is 0.500. The number of hydrogen-bond acceptors (Lipinski definition) is 1. The van der Waals surface area contributed by atoms with Crippen molar-refractivity contribution < 1.29 is 0 Å². The summed E-state index contributed by atoms with van der Waals surface area (Å²) in [5, 5.41) is 3.19. The van der Waals surface area contributed by atoms with E-state index in [0.29, 0.717) is 17.9 Å². The van der Waals surface area contributed by atoms with Crippen LogP contribution in [0.3, 0.4) is 0 Å². The third kappa shape index (κ3) is 4.93. The Bertz CT molecular complexity index is 360. The predicted molar refractivity (Wildman–Crippen MR) is 82.9 cm³/mol. The Balaban J connectivity index is 0.00000144. The van der Waals surface area contributed by atoms with Gasteiger partial charge >= 0.3 is 0 Å². The molecule has 0 bridgehead atoms. The number of halogens is 1. The lowest BCUT2D eigenvalue weighted by Gasteiger charge is -2.09. The van der Waals surface area contributed by atoms with Crippen LogP contribution in [-0.4, -0.2) is 18.5 Å². The van der Waals surface area contributed by atoms with Gasteiger partial charge in [-0.15, -0.1) is 24.0 Å². The largest absolute Gasteiger partial charge is 0.370 e. The molecular weight excluding hydrogens is 325 g/mol. The molecule has 0 amide bonds. The van der Waals surface area contributed by atoms with Gasteiger partial charge in [0.1, 0.15) is 0 Å². The van der Waals surface area contributed by atoms with Crippen molar-refractivity contribution in [3.05, 3.63) is 35.9 Å². The third-order valence-corrected chi connectivity index (χ3v) is 2.83. The van der Waals surface area contributed by atoms with Gasteiger partial charge in [-0.25, -0.2) is 0 Å². The minimum atomic E-state index is 0. The summed E-state index contributed by atoms with van der Waals surface area (Å²) in [5.74, 6) is 1.01. The molecule has 4 heteroatoms. The van der Waals surface area contributed by atoms with Crippen LogP contribution >= 0.6 is 24.0 Å². The fourth-order valence-corrected chi connectivity index (χ4v) is 1.60. The molecular formula is C13H20IN3. The second kappa shape index (κ2) is 6.83. The van der Waals surface area contributed by atoms with Gasteiger partial charge in [0, 0.05) is 18.5 Å². The van der Waals surface area contributed by atoms with E-state index in [0.717, 1.165) is 6.54 Å². The molecule has 1 aromatic rings. The standard InChI is InChI=1S/C13H19N3.HI/c1-10(11-5-3-2-4-6-11)9-15-13(14)16-12-7-8-12;/h2-6,10,12H,7-9H2,1H3,(H3,14,15,16);1H. The molecule has 1 fully saturated rings. The van der Waals surface area contributed by atoms with Crippen LogP contribution in [0, 0.1) is 0 Å². The molecule has 3 N–H and O–H groups in total. The van der Waals surface area contributed by atoms with Crippen molar-refractivity contribution in [2.45, 2.75) is 31.7 Å². The van der Waals surface area contributed by atoms with Crippen molar-refractivity contribution in [3.8, 4) is 0 Å². The molecule has 1 aromatic carbocycles. The first-order chi connectivity index (χ1) is 7.75. The van der Waals surface area contributed by atoms with Crippen LogP contribution in [0.1, 0.15) is 31.2 Å². The summed E-state index contributed by atoms with van der Waals surface area (Å²) in [6.07, 6.45) is 2.45. The maximum Gasteiger partial charge on any atom is 0.188 e.